The van der Waals surface area contributed by atoms with Crippen molar-refractivity contribution in [2.45, 2.75) is 13.8 Å². The molecule has 214 valence electrons. The smallest absolute Gasteiger partial charge is 0.0346 e. The number of benzene rings is 3. The van der Waals surface area contributed by atoms with Crippen molar-refractivity contribution in [1.29, 1.82) is 0 Å². The van der Waals surface area contributed by atoms with E-state index in [1.165, 1.54) is 0 Å². The van der Waals surface area contributed by atoms with E-state index in [4.69, 9.17) is 0 Å². The number of hydrogen-bond acceptors (Lipinski definition) is 2. The van der Waals surface area contributed by atoms with Gasteiger partial charge in [0.25, 0.3) is 0 Å². The molecule has 2 aromatic heterocycles. The largest absolute Gasteiger partial charge is 0.264 e. The molecular formula is C42H36N2. The summed E-state index contributed by atoms with van der Waals surface area (Å²) in [5, 5.41) is 0. The standard InChI is InChI=1S/C42H36N2/c1-5-9-14-31(7-3)37-23-39(27-41(25-37)35-18-12-20-43-29-35)33-16-11-17-34(22-33)40-24-38(32(8-4)15-10-6-2)26-42(28-40)36-19-13-21-44-30-36/h5-30H,1,4H2,2-3H3/b10-6-,14-9-,31-7+,32-15+. The molecule has 2 heteroatoms. The Kier molecular flexibility index (Phi) is 9.87. The lowest BCUT2D eigenvalue weighted by molar-refractivity contribution is 1.33. The molecule has 0 fully saturated rings. The highest BCUT2D eigenvalue weighted by atomic mass is 14.6. The summed E-state index contributed by atoms with van der Waals surface area (Å²) in [6.45, 7) is 12.0. The van der Waals surface area contributed by atoms with Crippen LogP contribution in [0.25, 0.3) is 55.7 Å². The minimum atomic E-state index is 1.06. The van der Waals surface area contributed by atoms with E-state index in [-0.39, 0.29) is 0 Å². The Hall–Kier alpha value is -5.60. The van der Waals surface area contributed by atoms with Crippen LogP contribution in [-0.2, 0) is 0 Å². The predicted molar refractivity (Wildman–Crippen MR) is 190 cm³/mol. The van der Waals surface area contributed by atoms with Crippen LogP contribution in [0.4, 0.5) is 0 Å². The SMILES string of the molecule is C=C/C=C\C(=C/C)c1cc(-c2cccnc2)cc(-c2cccc(-c3cc(/C(C=C)=C/C=C\C)cc(-c4cccnc4)c3)c2)c1. The second-order valence-electron chi connectivity index (χ2n) is 10.4. The van der Waals surface area contributed by atoms with Gasteiger partial charge in [-0.1, -0.05) is 92.1 Å². The van der Waals surface area contributed by atoms with Gasteiger partial charge >= 0.3 is 0 Å². The molecule has 5 rings (SSSR count). The molecule has 0 amide bonds. The summed E-state index contributed by atoms with van der Waals surface area (Å²) in [7, 11) is 0. The van der Waals surface area contributed by atoms with E-state index in [1.807, 2.05) is 55.8 Å². The Balaban J connectivity index is 1.67. The highest BCUT2D eigenvalue weighted by Gasteiger charge is 2.11. The highest BCUT2D eigenvalue weighted by molar-refractivity contribution is 5.86. The van der Waals surface area contributed by atoms with Crippen LogP contribution >= 0.6 is 0 Å². The molecule has 0 N–H and O–H groups in total. The quantitative estimate of drug-likeness (QED) is 0.157. The lowest BCUT2D eigenvalue weighted by Crippen LogP contribution is -1.90. The van der Waals surface area contributed by atoms with Gasteiger partial charge in [-0.05, 0) is 124 Å². The van der Waals surface area contributed by atoms with E-state index >= 15 is 0 Å². The summed E-state index contributed by atoms with van der Waals surface area (Å²) in [6, 6.07) is 30.3. The molecular weight excluding hydrogens is 532 g/mol. The maximum absolute atomic E-state index is 4.38. The summed E-state index contributed by atoms with van der Waals surface area (Å²) in [6.07, 6.45) is 23.5. The molecule has 0 saturated heterocycles. The van der Waals surface area contributed by atoms with Crippen LogP contribution in [0, 0.1) is 0 Å². The minimum absolute atomic E-state index is 1.06. The average molecular weight is 569 g/mol. The van der Waals surface area contributed by atoms with Gasteiger partial charge < -0.3 is 0 Å². The fourth-order valence-corrected chi connectivity index (χ4v) is 5.21. The van der Waals surface area contributed by atoms with Gasteiger partial charge in [0.15, 0.2) is 0 Å². The number of pyridine rings is 2. The normalized spacial score (nSPS) is 12.1. The van der Waals surface area contributed by atoms with Crippen molar-refractivity contribution >= 4 is 11.1 Å². The van der Waals surface area contributed by atoms with Crippen LogP contribution in [0.5, 0.6) is 0 Å². The fraction of sp³-hybridized carbons (Fsp3) is 0.0476. The molecule has 0 aliphatic heterocycles. The third kappa shape index (κ3) is 7.06. The molecule has 44 heavy (non-hydrogen) atoms. The third-order valence-electron chi connectivity index (χ3n) is 7.46. The van der Waals surface area contributed by atoms with Crippen LogP contribution in [0.1, 0.15) is 25.0 Å². The first-order valence-corrected chi connectivity index (χ1v) is 14.8. The van der Waals surface area contributed by atoms with Gasteiger partial charge in [-0.15, -0.1) is 0 Å². The molecule has 3 aromatic carbocycles. The second-order valence-corrected chi connectivity index (χ2v) is 10.4. The van der Waals surface area contributed by atoms with Crippen molar-refractivity contribution in [3.05, 3.63) is 183 Å². The van der Waals surface area contributed by atoms with Crippen molar-refractivity contribution in [3.63, 3.8) is 0 Å². The van der Waals surface area contributed by atoms with Crippen LogP contribution in [0.15, 0.2) is 171 Å². The van der Waals surface area contributed by atoms with Gasteiger partial charge in [0.05, 0.1) is 0 Å². The highest BCUT2D eigenvalue weighted by Crippen LogP contribution is 2.35. The lowest BCUT2D eigenvalue weighted by Gasteiger charge is -2.14. The summed E-state index contributed by atoms with van der Waals surface area (Å²) in [5.41, 5.74) is 13.3. The minimum Gasteiger partial charge on any atom is -0.264 e. The number of allylic oxidation sites excluding steroid dienone is 10. The van der Waals surface area contributed by atoms with E-state index in [2.05, 4.69) is 121 Å². The van der Waals surface area contributed by atoms with Crippen molar-refractivity contribution < 1.29 is 0 Å². The van der Waals surface area contributed by atoms with E-state index < -0.39 is 0 Å². The molecule has 0 bridgehead atoms. The van der Waals surface area contributed by atoms with Gasteiger partial charge in [-0.2, -0.15) is 0 Å². The first-order valence-electron chi connectivity index (χ1n) is 14.8. The number of hydrogen-bond donors (Lipinski definition) is 0. The molecule has 5 aromatic rings. The zero-order valence-electron chi connectivity index (χ0n) is 25.3. The molecule has 0 saturated carbocycles. The second kappa shape index (κ2) is 14.5. The Labute approximate surface area is 261 Å². The zero-order chi connectivity index (χ0) is 30.7. The van der Waals surface area contributed by atoms with Gasteiger partial charge in [0, 0.05) is 35.9 Å². The predicted octanol–water partition coefficient (Wildman–Crippen LogP) is 11.4. The average Bonchev–Trinajstić information content (AvgIpc) is 3.09. The van der Waals surface area contributed by atoms with Crippen LogP contribution in [-0.4, -0.2) is 9.97 Å². The monoisotopic (exact) mass is 568 g/mol. The summed E-state index contributed by atoms with van der Waals surface area (Å²) in [5.74, 6) is 0. The van der Waals surface area contributed by atoms with Crippen LogP contribution in [0.2, 0.25) is 0 Å². The van der Waals surface area contributed by atoms with E-state index in [1.54, 1.807) is 18.5 Å². The molecule has 0 atom stereocenters. The van der Waals surface area contributed by atoms with Crippen molar-refractivity contribution in [1.82, 2.24) is 9.97 Å². The van der Waals surface area contributed by atoms with Gasteiger partial charge in [-0.25, -0.2) is 0 Å². The Morgan fingerprint density at radius 3 is 1.52 bits per heavy atom. The maximum atomic E-state index is 4.38. The maximum Gasteiger partial charge on any atom is 0.0346 e. The molecule has 0 aliphatic carbocycles. The van der Waals surface area contributed by atoms with E-state index in [9.17, 15) is 0 Å². The van der Waals surface area contributed by atoms with Crippen molar-refractivity contribution in [2.75, 3.05) is 0 Å². The van der Waals surface area contributed by atoms with Gasteiger partial charge in [-0.3, -0.25) is 9.97 Å². The summed E-state index contributed by atoms with van der Waals surface area (Å²) in [4.78, 5) is 8.76. The Morgan fingerprint density at radius 1 is 0.568 bits per heavy atom. The lowest BCUT2D eigenvalue weighted by atomic mass is 9.90. The van der Waals surface area contributed by atoms with E-state index in [0.717, 1.165) is 66.8 Å². The molecule has 0 aliphatic rings. The molecule has 2 heterocycles. The first kappa shape index (κ1) is 29.9. The zero-order valence-corrected chi connectivity index (χ0v) is 25.3. The fourth-order valence-electron chi connectivity index (χ4n) is 5.21. The first-order chi connectivity index (χ1) is 21.6. The number of rotatable bonds is 10. The Morgan fingerprint density at radius 2 is 1.07 bits per heavy atom. The summed E-state index contributed by atoms with van der Waals surface area (Å²) < 4.78 is 0. The molecule has 0 unspecified atom stereocenters. The topological polar surface area (TPSA) is 25.8 Å². The third-order valence-corrected chi connectivity index (χ3v) is 7.46. The van der Waals surface area contributed by atoms with E-state index in [0.29, 0.717) is 0 Å². The Bertz CT molecular complexity index is 1890. The number of nitrogens with zero attached hydrogens (tertiary/aromatic N) is 2. The van der Waals surface area contributed by atoms with Crippen LogP contribution < -0.4 is 0 Å². The van der Waals surface area contributed by atoms with Crippen molar-refractivity contribution in [3.8, 4) is 44.5 Å². The molecule has 0 radical (unpaired) electrons. The van der Waals surface area contributed by atoms with Crippen LogP contribution in [0.3, 0.4) is 0 Å². The molecule has 2 nitrogen and oxygen atoms in total. The summed E-state index contributed by atoms with van der Waals surface area (Å²) >= 11 is 0. The molecule has 0 spiro atoms. The van der Waals surface area contributed by atoms with Gasteiger partial charge in [0.1, 0.15) is 0 Å². The number of aromatic nitrogens is 2. The van der Waals surface area contributed by atoms with Crippen molar-refractivity contribution in [2.24, 2.45) is 0 Å². The van der Waals surface area contributed by atoms with Gasteiger partial charge in [0.2, 0.25) is 0 Å².